The highest BCUT2D eigenvalue weighted by Gasteiger charge is 2.20. The number of likely N-dealkylation sites (N-methyl/N-ethyl adjacent to an activating group) is 1. The Balaban J connectivity index is 1.99. The number of carbonyl (C=O) groups is 1. The number of likely N-dealkylation sites (tertiary alicyclic amines) is 1. The number of hydrogen-bond donors (Lipinski definition) is 1. The molecule has 1 aliphatic rings. The van der Waals surface area contributed by atoms with Gasteiger partial charge in [0.1, 0.15) is 0 Å². The van der Waals surface area contributed by atoms with E-state index in [1.54, 1.807) is 0 Å². The number of nitrogens with zero attached hydrogens (tertiary/aromatic N) is 1. The zero-order valence-electron chi connectivity index (χ0n) is 9.95. The van der Waals surface area contributed by atoms with E-state index >= 15 is 0 Å². The van der Waals surface area contributed by atoms with Gasteiger partial charge in [-0.05, 0) is 61.2 Å². The number of rotatable bonds is 2. The first-order chi connectivity index (χ1) is 8.16. The summed E-state index contributed by atoms with van der Waals surface area (Å²) in [5, 5.41) is 3.12. The lowest BCUT2D eigenvalue weighted by atomic mass is 10.1. The number of benzene rings is 1. The van der Waals surface area contributed by atoms with Crippen molar-refractivity contribution in [3.63, 3.8) is 0 Å². The van der Waals surface area contributed by atoms with Gasteiger partial charge in [-0.15, -0.1) is 0 Å². The van der Waals surface area contributed by atoms with Crippen molar-refractivity contribution in [2.45, 2.75) is 18.9 Å². The van der Waals surface area contributed by atoms with Crippen LogP contribution in [0.3, 0.4) is 0 Å². The molecule has 1 heterocycles. The van der Waals surface area contributed by atoms with Crippen LogP contribution in [0, 0.1) is 3.57 Å². The number of piperidine rings is 1. The Morgan fingerprint density at radius 1 is 1.47 bits per heavy atom. The second-order valence-electron chi connectivity index (χ2n) is 4.55. The van der Waals surface area contributed by atoms with E-state index in [9.17, 15) is 4.79 Å². The van der Waals surface area contributed by atoms with Gasteiger partial charge in [-0.2, -0.15) is 0 Å². The molecule has 0 saturated carbocycles. The molecule has 0 bridgehead atoms. The molecule has 17 heavy (non-hydrogen) atoms. The topological polar surface area (TPSA) is 32.3 Å². The van der Waals surface area contributed by atoms with Crippen molar-refractivity contribution in [1.29, 1.82) is 0 Å². The zero-order valence-corrected chi connectivity index (χ0v) is 12.1. The second kappa shape index (κ2) is 5.82. The number of halogens is 1. The predicted molar refractivity (Wildman–Crippen MR) is 77.1 cm³/mol. The lowest BCUT2D eigenvalue weighted by Gasteiger charge is -2.30. The van der Waals surface area contributed by atoms with Crippen LogP contribution in [0.4, 0.5) is 0 Å². The van der Waals surface area contributed by atoms with Crippen molar-refractivity contribution in [1.82, 2.24) is 10.2 Å². The smallest absolute Gasteiger partial charge is 0.252 e. The summed E-state index contributed by atoms with van der Waals surface area (Å²) in [7, 11) is 2.10. The van der Waals surface area contributed by atoms with Crippen LogP contribution < -0.4 is 5.32 Å². The molecule has 0 aliphatic carbocycles. The summed E-state index contributed by atoms with van der Waals surface area (Å²) in [5.41, 5.74) is 0.779. The molecule has 1 N–H and O–H groups in total. The van der Waals surface area contributed by atoms with E-state index < -0.39 is 0 Å². The van der Waals surface area contributed by atoms with E-state index in [1.807, 2.05) is 24.3 Å². The van der Waals surface area contributed by atoms with Gasteiger partial charge in [0.2, 0.25) is 0 Å². The van der Waals surface area contributed by atoms with E-state index in [-0.39, 0.29) is 11.9 Å². The summed E-state index contributed by atoms with van der Waals surface area (Å²) in [6, 6.07) is 7.99. The van der Waals surface area contributed by atoms with E-state index in [1.165, 1.54) is 0 Å². The van der Waals surface area contributed by atoms with Crippen LogP contribution in [0.15, 0.2) is 24.3 Å². The fourth-order valence-corrected chi connectivity index (χ4v) is 2.83. The average Bonchev–Trinajstić information content (AvgIpc) is 2.29. The third-order valence-electron chi connectivity index (χ3n) is 3.08. The van der Waals surface area contributed by atoms with Gasteiger partial charge in [0.15, 0.2) is 0 Å². The van der Waals surface area contributed by atoms with Crippen molar-refractivity contribution >= 4 is 28.5 Å². The summed E-state index contributed by atoms with van der Waals surface area (Å²) >= 11 is 2.20. The van der Waals surface area contributed by atoms with Crippen molar-refractivity contribution in [3.05, 3.63) is 33.4 Å². The van der Waals surface area contributed by atoms with E-state index in [4.69, 9.17) is 0 Å². The molecule has 92 valence electrons. The molecule has 1 aliphatic heterocycles. The lowest BCUT2D eigenvalue weighted by Crippen LogP contribution is -2.46. The first-order valence-electron chi connectivity index (χ1n) is 5.91. The first kappa shape index (κ1) is 12.8. The van der Waals surface area contributed by atoms with Gasteiger partial charge >= 0.3 is 0 Å². The molecule has 2 rings (SSSR count). The number of nitrogens with one attached hydrogen (secondary N) is 1. The van der Waals surface area contributed by atoms with Crippen LogP contribution >= 0.6 is 22.6 Å². The van der Waals surface area contributed by atoms with Crippen molar-refractivity contribution in [3.8, 4) is 0 Å². The number of amides is 1. The second-order valence-corrected chi connectivity index (χ2v) is 5.72. The maximum atomic E-state index is 12.1. The van der Waals surface area contributed by atoms with E-state index in [0.717, 1.165) is 35.1 Å². The van der Waals surface area contributed by atoms with Gasteiger partial charge in [0.25, 0.3) is 5.91 Å². The molecule has 0 radical (unpaired) electrons. The minimum atomic E-state index is 0.0512. The monoisotopic (exact) mass is 344 g/mol. The zero-order chi connectivity index (χ0) is 12.3. The molecule has 1 aromatic rings. The molecule has 1 saturated heterocycles. The fourth-order valence-electron chi connectivity index (χ4n) is 2.19. The summed E-state index contributed by atoms with van der Waals surface area (Å²) in [6.45, 7) is 2.09. The molecule has 0 spiro atoms. The molecule has 1 amide bonds. The highest BCUT2D eigenvalue weighted by molar-refractivity contribution is 14.1. The summed E-state index contributed by atoms with van der Waals surface area (Å²) in [6.07, 6.45) is 2.24. The molecule has 0 aromatic heterocycles. The number of hydrogen-bond acceptors (Lipinski definition) is 2. The SMILES string of the molecule is CN1CCCC(NC(=O)c2ccccc2I)C1. The van der Waals surface area contributed by atoms with E-state index in [2.05, 4.69) is 39.9 Å². The van der Waals surface area contributed by atoms with E-state index in [0.29, 0.717) is 0 Å². The van der Waals surface area contributed by atoms with Gasteiger partial charge in [-0.1, -0.05) is 12.1 Å². The van der Waals surface area contributed by atoms with Gasteiger partial charge in [0.05, 0.1) is 5.56 Å². The predicted octanol–water partition coefficient (Wildman–Crippen LogP) is 2.12. The van der Waals surface area contributed by atoms with Crippen LogP contribution in [0.2, 0.25) is 0 Å². The van der Waals surface area contributed by atoms with Crippen molar-refractivity contribution < 1.29 is 4.79 Å². The van der Waals surface area contributed by atoms with Gasteiger partial charge in [-0.3, -0.25) is 4.79 Å². The highest BCUT2D eigenvalue weighted by Crippen LogP contribution is 2.13. The quantitative estimate of drug-likeness (QED) is 0.834. The maximum Gasteiger partial charge on any atom is 0.252 e. The maximum absolute atomic E-state index is 12.1. The van der Waals surface area contributed by atoms with Crippen LogP contribution in [0.1, 0.15) is 23.2 Å². The van der Waals surface area contributed by atoms with Crippen LogP contribution in [0.25, 0.3) is 0 Å². The number of carbonyl (C=O) groups excluding carboxylic acids is 1. The van der Waals surface area contributed by atoms with Crippen LogP contribution in [-0.2, 0) is 0 Å². The van der Waals surface area contributed by atoms with Crippen LogP contribution in [-0.4, -0.2) is 37.0 Å². The highest BCUT2D eigenvalue weighted by atomic mass is 127. The molecule has 3 nitrogen and oxygen atoms in total. The molecule has 4 heteroatoms. The Morgan fingerprint density at radius 2 is 2.24 bits per heavy atom. The molecule has 1 unspecified atom stereocenters. The van der Waals surface area contributed by atoms with Crippen molar-refractivity contribution in [2.24, 2.45) is 0 Å². The van der Waals surface area contributed by atoms with Crippen LogP contribution in [0.5, 0.6) is 0 Å². The van der Waals surface area contributed by atoms with Crippen molar-refractivity contribution in [2.75, 3.05) is 20.1 Å². The standard InChI is InChI=1S/C13H17IN2O/c1-16-8-4-5-10(9-16)15-13(17)11-6-2-3-7-12(11)14/h2-3,6-7,10H,4-5,8-9H2,1H3,(H,15,17). The minimum absolute atomic E-state index is 0.0512. The molecular formula is C13H17IN2O. The minimum Gasteiger partial charge on any atom is -0.348 e. The van der Waals surface area contributed by atoms with Gasteiger partial charge < -0.3 is 10.2 Å². The average molecular weight is 344 g/mol. The molecule has 1 atom stereocenters. The molecule has 1 aromatic carbocycles. The normalized spacial score (nSPS) is 21.2. The molecule has 1 fully saturated rings. The Labute approximate surface area is 116 Å². The Kier molecular flexibility index (Phi) is 4.39. The van der Waals surface area contributed by atoms with Gasteiger partial charge in [0, 0.05) is 16.2 Å². The summed E-state index contributed by atoms with van der Waals surface area (Å²) in [5.74, 6) is 0.0512. The third-order valence-corrected chi connectivity index (χ3v) is 4.02. The Morgan fingerprint density at radius 3 is 2.94 bits per heavy atom. The largest absolute Gasteiger partial charge is 0.348 e. The fraction of sp³-hybridized carbons (Fsp3) is 0.462. The Hall–Kier alpha value is -0.620. The van der Waals surface area contributed by atoms with Gasteiger partial charge in [-0.25, -0.2) is 0 Å². The molecular weight excluding hydrogens is 327 g/mol. The lowest BCUT2D eigenvalue weighted by molar-refractivity contribution is 0.0911. The Bertz CT molecular complexity index is 408. The summed E-state index contributed by atoms with van der Waals surface area (Å²) < 4.78 is 1.01. The first-order valence-corrected chi connectivity index (χ1v) is 6.98. The summed E-state index contributed by atoms with van der Waals surface area (Å²) in [4.78, 5) is 14.4. The third kappa shape index (κ3) is 3.42.